The molecule has 4 heteroatoms. The summed E-state index contributed by atoms with van der Waals surface area (Å²) in [5.74, 6) is 2.07. The van der Waals surface area contributed by atoms with E-state index in [9.17, 15) is 0 Å². The third-order valence-electron chi connectivity index (χ3n) is 4.16. The maximum atomic E-state index is 4.65. The van der Waals surface area contributed by atoms with Gasteiger partial charge in [0.25, 0.3) is 0 Å². The van der Waals surface area contributed by atoms with Crippen LogP contribution in [0.4, 0.5) is 5.82 Å². The molecule has 4 nitrogen and oxygen atoms in total. The fourth-order valence-corrected chi connectivity index (χ4v) is 3.20. The van der Waals surface area contributed by atoms with Crippen molar-refractivity contribution < 1.29 is 0 Å². The highest BCUT2D eigenvalue weighted by molar-refractivity contribution is 5.52. The minimum atomic E-state index is 0.128. The molecule has 2 atom stereocenters. The maximum absolute atomic E-state index is 4.65. The summed E-state index contributed by atoms with van der Waals surface area (Å²) in [6, 6.07) is 0.605. The Balaban J connectivity index is 2.28. The highest BCUT2D eigenvalue weighted by atomic mass is 15.4. The van der Waals surface area contributed by atoms with E-state index < -0.39 is 0 Å². The van der Waals surface area contributed by atoms with Gasteiger partial charge in [-0.25, -0.2) is 0 Å². The van der Waals surface area contributed by atoms with E-state index in [1.165, 1.54) is 17.8 Å². The van der Waals surface area contributed by atoms with Gasteiger partial charge in [0, 0.05) is 37.3 Å². The summed E-state index contributed by atoms with van der Waals surface area (Å²) >= 11 is 0. The SMILES string of the molecule is Cc1nn(C)c(N2CC(C)CC2C)c1CNC(C)(C)C. The molecule has 114 valence electrons. The molecule has 0 saturated carbocycles. The van der Waals surface area contributed by atoms with Gasteiger partial charge in [-0.05, 0) is 47.0 Å². The highest BCUT2D eigenvalue weighted by Gasteiger charge is 2.31. The van der Waals surface area contributed by atoms with Crippen molar-refractivity contribution in [3.05, 3.63) is 11.3 Å². The summed E-state index contributed by atoms with van der Waals surface area (Å²) in [7, 11) is 2.07. The van der Waals surface area contributed by atoms with Gasteiger partial charge in [-0.3, -0.25) is 4.68 Å². The molecule has 1 N–H and O–H groups in total. The Morgan fingerprint density at radius 1 is 1.30 bits per heavy atom. The Hall–Kier alpha value is -1.03. The minimum Gasteiger partial charge on any atom is -0.354 e. The predicted molar refractivity (Wildman–Crippen MR) is 85.1 cm³/mol. The second-order valence-corrected chi connectivity index (χ2v) is 7.46. The third-order valence-corrected chi connectivity index (χ3v) is 4.16. The normalized spacial score (nSPS) is 23.6. The number of hydrogen-bond donors (Lipinski definition) is 1. The number of nitrogens with one attached hydrogen (secondary N) is 1. The third kappa shape index (κ3) is 3.17. The van der Waals surface area contributed by atoms with Crippen LogP contribution in [0.3, 0.4) is 0 Å². The lowest BCUT2D eigenvalue weighted by atomic mass is 10.1. The van der Waals surface area contributed by atoms with Crippen molar-refractivity contribution in [2.45, 2.75) is 66.1 Å². The van der Waals surface area contributed by atoms with E-state index >= 15 is 0 Å². The van der Waals surface area contributed by atoms with Gasteiger partial charge in [0.05, 0.1) is 5.69 Å². The number of nitrogens with zero attached hydrogens (tertiary/aromatic N) is 3. The van der Waals surface area contributed by atoms with Crippen LogP contribution in [0.5, 0.6) is 0 Å². The molecule has 0 aromatic carbocycles. The van der Waals surface area contributed by atoms with Crippen molar-refractivity contribution in [1.82, 2.24) is 15.1 Å². The summed E-state index contributed by atoms with van der Waals surface area (Å²) in [6.07, 6.45) is 1.27. The van der Waals surface area contributed by atoms with Gasteiger partial charge in [0.1, 0.15) is 5.82 Å². The first kappa shape index (κ1) is 15.4. The minimum absolute atomic E-state index is 0.128. The van der Waals surface area contributed by atoms with Crippen LogP contribution in [0.25, 0.3) is 0 Å². The molecule has 1 aliphatic heterocycles. The molecule has 2 rings (SSSR count). The average Bonchev–Trinajstić information content (AvgIpc) is 2.74. The summed E-state index contributed by atoms with van der Waals surface area (Å²) in [5.41, 5.74) is 2.62. The zero-order valence-corrected chi connectivity index (χ0v) is 14.1. The van der Waals surface area contributed by atoms with Crippen LogP contribution in [0, 0.1) is 12.8 Å². The van der Waals surface area contributed by atoms with Crippen molar-refractivity contribution in [3.8, 4) is 0 Å². The molecular weight excluding hydrogens is 248 g/mol. The first-order valence-corrected chi connectivity index (χ1v) is 7.73. The molecule has 0 bridgehead atoms. The lowest BCUT2D eigenvalue weighted by Crippen LogP contribution is -2.36. The van der Waals surface area contributed by atoms with Crippen molar-refractivity contribution in [1.29, 1.82) is 0 Å². The molecule has 0 spiro atoms. The molecule has 1 aliphatic rings. The smallest absolute Gasteiger partial charge is 0.131 e. The second kappa shape index (κ2) is 5.40. The Labute approximate surface area is 123 Å². The molecule has 0 amide bonds. The topological polar surface area (TPSA) is 33.1 Å². The van der Waals surface area contributed by atoms with Gasteiger partial charge in [-0.1, -0.05) is 6.92 Å². The molecule has 20 heavy (non-hydrogen) atoms. The second-order valence-electron chi connectivity index (χ2n) is 7.46. The van der Waals surface area contributed by atoms with Gasteiger partial charge in [0.15, 0.2) is 0 Å². The highest BCUT2D eigenvalue weighted by Crippen LogP contribution is 2.32. The fraction of sp³-hybridized carbons (Fsp3) is 0.812. The fourth-order valence-electron chi connectivity index (χ4n) is 3.20. The van der Waals surface area contributed by atoms with E-state index in [2.05, 4.69) is 68.6 Å². The molecule has 2 heterocycles. The first-order chi connectivity index (χ1) is 9.19. The largest absolute Gasteiger partial charge is 0.354 e. The van der Waals surface area contributed by atoms with E-state index in [4.69, 9.17) is 0 Å². The summed E-state index contributed by atoms with van der Waals surface area (Å²) in [4.78, 5) is 2.53. The molecule has 2 unspecified atom stereocenters. The standard InChI is InChI=1S/C16H30N4/c1-11-8-12(2)20(10-11)15-14(9-17-16(4,5)6)13(3)18-19(15)7/h11-12,17H,8-10H2,1-7H3. The zero-order valence-electron chi connectivity index (χ0n) is 14.1. The van der Waals surface area contributed by atoms with E-state index in [1.54, 1.807) is 0 Å². The average molecular weight is 278 g/mol. The quantitative estimate of drug-likeness (QED) is 0.923. The number of aromatic nitrogens is 2. The number of hydrogen-bond acceptors (Lipinski definition) is 3. The monoisotopic (exact) mass is 278 g/mol. The van der Waals surface area contributed by atoms with Gasteiger partial charge < -0.3 is 10.2 Å². The van der Waals surface area contributed by atoms with Crippen molar-refractivity contribution >= 4 is 5.82 Å². The van der Waals surface area contributed by atoms with Crippen LogP contribution in [-0.4, -0.2) is 27.9 Å². The lowest BCUT2D eigenvalue weighted by Gasteiger charge is -2.27. The zero-order chi connectivity index (χ0) is 15.1. The van der Waals surface area contributed by atoms with Crippen LogP contribution >= 0.6 is 0 Å². The van der Waals surface area contributed by atoms with Crippen molar-refractivity contribution in [2.75, 3.05) is 11.4 Å². The summed E-state index contributed by atoms with van der Waals surface area (Å²) in [6.45, 7) is 15.4. The van der Waals surface area contributed by atoms with Gasteiger partial charge in [-0.2, -0.15) is 5.10 Å². The van der Waals surface area contributed by atoms with Crippen LogP contribution in [0.1, 0.15) is 52.3 Å². The van der Waals surface area contributed by atoms with Crippen LogP contribution in [0.2, 0.25) is 0 Å². The van der Waals surface area contributed by atoms with Crippen LogP contribution in [0.15, 0.2) is 0 Å². The van der Waals surface area contributed by atoms with Crippen molar-refractivity contribution in [3.63, 3.8) is 0 Å². The molecule has 1 aromatic rings. The van der Waals surface area contributed by atoms with E-state index in [0.29, 0.717) is 6.04 Å². The molecule has 0 aliphatic carbocycles. The molecule has 0 radical (unpaired) electrons. The maximum Gasteiger partial charge on any atom is 0.131 e. The summed E-state index contributed by atoms with van der Waals surface area (Å²) < 4.78 is 2.06. The summed E-state index contributed by atoms with van der Waals surface area (Å²) in [5, 5.41) is 8.25. The van der Waals surface area contributed by atoms with Crippen molar-refractivity contribution in [2.24, 2.45) is 13.0 Å². The van der Waals surface area contributed by atoms with Crippen LogP contribution in [-0.2, 0) is 13.6 Å². The molecular formula is C16H30N4. The van der Waals surface area contributed by atoms with Gasteiger partial charge >= 0.3 is 0 Å². The lowest BCUT2D eigenvalue weighted by molar-refractivity contribution is 0.423. The number of rotatable bonds is 3. The molecule has 1 fully saturated rings. The van der Waals surface area contributed by atoms with Gasteiger partial charge in [-0.15, -0.1) is 0 Å². The van der Waals surface area contributed by atoms with Gasteiger partial charge in [0.2, 0.25) is 0 Å². The Kier molecular flexibility index (Phi) is 4.14. The molecule has 1 saturated heterocycles. The number of aryl methyl sites for hydroxylation is 2. The first-order valence-electron chi connectivity index (χ1n) is 7.73. The van der Waals surface area contributed by atoms with E-state index in [1.807, 2.05) is 0 Å². The van der Waals surface area contributed by atoms with E-state index in [0.717, 1.165) is 24.7 Å². The number of anilines is 1. The Bertz CT molecular complexity index is 470. The Morgan fingerprint density at radius 3 is 2.45 bits per heavy atom. The predicted octanol–water partition coefficient (Wildman–Crippen LogP) is 2.85. The Morgan fingerprint density at radius 2 is 1.95 bits per heavy atom. The van der Waals surface area contributed by atoms with E-state index in [-0.39, 0.29) is 5.54 Å². The molecule has 1 aromatic heterocycles. The van der Waals surface area contributed by atoms with Crippen LogP contribution < -0.4 is 10.2 Å².